The summed E-state index contributed by atoms with van der Waals surface area (Å²) in [6.07, 6.45) is -4.68. The summed E-state index contributed by atoms with van der Waals surface area (Å²) in [4.78, 5) is 13.4. The molecular formula is C23H17ClF3N3O2S. The van der Waals surface area contributed by atoms with Gasteiger partial charge in [0, 0.05) is 17.5 Å². The number of halogens is 4. The van der Waals surface area contributed by atoms with Crippen molar-refractivity contribution in [3.05, 3.63) is 88.4 Å². The Morgan fingerprint density at radius 2 is 1.85 bits per heavy atom. The highest BCUT2D eigenvalue weighted by molar-refractivity contribution is 7.13. The van der Waals surface area contributed by atoms with Crippen LogP contribution >= 0.6 is 22.9 Å². The van der Waals surface area contributed by atoms with Crippen molar-refractivity contribution in [1.29, 1.82) is 0 Å². The largest absolute Gasteiger partial charge is 0.467 e. The molecular weight excluding hydrogens is 475 g/mol. The number of alkyl halides is 3. The number of amides is 1. The van der Waals surface area contributed by atoms with Gasteiger partial charge in [0.2, 0.25) is 5.88 Å². The normalized spacial score (nSPS) is 11.4. The van der Waals surface area contributed by atoms with Crippen molar-refractivity contribution in [2.24, 2.45) is 0 Å². The fourth-order valence-corrected chi connectivity index (χ4v) is 3.97. The van der Waals surface area contributed by atoms with Crippen molar-refractivity contribution in [2.75, 3.05) is 6.61 Å². The van der Waals surface area contributed by atoms with Gasteiger partial charge in [-0.1, -0.05) is 54.1 Å². The topological polar surface area (TPSA) is 56.1 Å². The van der Waals surface area contributed by atoms with Gasteiger partial charge in [0.05, 0.1) is 10.7 Å². The zero-order valence-electron chi connectivity index (χ0n) is 17.0. The molecule has 4 rings (SSSR count). The number of nitrogens with zero attached hydrogens (tertiary/aromatic N) is 2. The SMILES string of the molecule is O=C(COc1cc(C(F)(F)F)nn1-c1ccccc1Cl)NCc1ccc(-c2cccs2)cc1. The first-order chi connectivity index (χ1) is 15.8. The molecule has 1 amide bonds. The van der Waals surface area contributed by atoms with Crippen LogP contribution in [0.15, 0.2) is 72.1 Å². The van der Waals surface area contributed by atoms with E-state index in [2.05, 4.69) is 10.4 Å². The van der Waals surface area contributed by atoms with Gasteiger partial charge in [-0.2, -0.15) is 23.0 Å². The lowest BCUT2D eigenvalue weighted by atomic mass is 10.1. The number of thiophene rings is 1. The molecule has 0 unspecified atom stereocenters. The van der Waals surface area contributed by atoms with Gasteiger partial charge in [0.1, 0.15) is 0 Å². The van der Waals surface area contributed by atoms with Gasteiger partial charge in [-0.15, -0.1) is 11.3 Å². The Hall–Kier alpha value is -3.30. The van der Waals surface area contributed by atoms with Gasteiger partial charge in [0.15, 0.2) is 12.3 Å². The van der Waals surface area contributed by atoms with Gasteiger partial charge in [-0.05, 0) is 34.7 Å². The van der Waals surface area contributed by atoms with Crippen molar-refractivity contribution in [1.82, 2.24) is 15.1 Å². The van der Waals surface area contributed by atoms with Crippen LogP contribution in [0.2, 0.25) is 5.02 Å². The van der Waals surface area contributed by atoms with Gasteiger partial charge in [-0.25, -0.2) is 0 Å². The number of benzene rings is 2. The lowest BCUT2D eigenvalue weighted by Gasteiger charge is -2.11. The minimum Gasteiger partial charge on any atom is -0.467 e. The van der Waals surface area contributed by atoms with Crippen LogP contribution in [-0.2, 0) is 17.5 Å². The molecule has 0 fully saturated rings. The first kappa shape index (κ1) is 22.9. The maximum absolute atomic E-state index is 13.2. The smallest absolute Gasteiger partial charge is 0.435 e. The number of aromatic nitrogens is 2. The van der Waals surface area contributed by atoms with Crippen LogP contribution in [0, 0.1) is 0 Å². The molecule has 0 saturated heterocycles. The second-order valence-corrected chi connectivity index (χ2v) is 8.32. The highest BCUT2D eigenvalue weighted by Gasteiger charge is 2.36. The fraction of sp³-hybridized carbons (Fsp3) is 0.130. The van der Waals surface area contributed by atoms with Crippen LogP contribution in [0.5, 0.6) is 5.88 Å². The molecule has 0 aliphatic rings. The Bertz CT molecular complexity index is 1240. The minimum absolute atomic E-state index is 0.189. The predicted molar refractivity (Wildman–Crippen MR) is 121 cm³/mol. The summed E-state index contributed by atoms with van der Waals surface area (Å²) in [6.45, 7) is -0.231. The third-order valence-electron chi connectivity index (χ3n) is 4.65. The summed E-state index contributed by atoms with van der Waals surface area (Å²) in [5.74, 6) is -0.733. The molecule has 0 aliphatic carbocycles. The number of para-hydroxylation sites is 1. The molecule has 4 aromatic rings. The molecule has 5 nitrogen and oxygen atoms in total. The average Bonchev–Trinajstić information content (AvgIpc) is 3.47. The second kappa shape index (κ2) is 9.68. The number of ether oxygens (including phenoxy) is 1. The van der Waals surface area contributed by atoms with E-state index in [1.807, 2.05) is 41.8 Å². The molecule has 0 bridgehead atoms. The number of nitrogens with one attached hydrogen (secondary N) is 1. The van der Waals surface area contributed by atoms with E-state index in [1.54, 1.807) is 23.5 Å². The fourth-order valence-electron chi connectivity index (χ4n) is 3.02. The summed E-state index contributed by atoms with van der Waals surface area (Å²) in [5.41, 5.74) is 1.01. The highest BCUT2D eigenvalue weighted by atomic mass is 35.5. The zero-order valence-corrected chi connectivity index (χ0v) is 18.5. The summed E-state index contributed by atoms with van der Waals surface area (Å²) >= 11 is 7.74. The Morgan fingerprint density at radius 3 is 2.52 bits per heavy atom. The molecule has 0 radical (unpaired) electrons. The van der Waals surface area contributed by atoms with E-state index >= 15 is 0 Å². The van der Waals surface area contributed by atoms with Crippen LogP contribution in [0.25, 0.3) is 16.1 Å². The number of carbonyl (C=O) groups excluding carboxylic acids is 1. The van der Waals surface area contributed by atoms with E-state index in [9.17, 15) is 18.0 Å². The molecule has 1 N–H and O–H groups in total. The van der Waals surface area contributed by atoms with Crippen molar-refractivity contribution in [3.63, 3.8) is 0 Å². The van der Waals surface area contributed by atoms with Gasteiger partial charge >= 0.3 is 6.18 Å². The quantitative estimate of drug-likeness (QED) is 0.346. The second-order valence-electron chi connectivity index (χ2n) is 6.97. The molecule has 2 aromatic carbocycles. The van der Waals surface area contributed by atoms with Crippen LogP contribution in [0.1, 0.15) is 11.3 Å². The summed E-state index contributed by atoms with van der Waals surface area (Å²) in [7, 11) is 0. The molecule has 0 spiro atoms. The van der Waals surface area contributed by atoms with Crippen LogP contribution in [-0.4, -0.2) is 22.3 Å². The lowest BCUT2D eigenvalue weighted by molar-refractivity contribution is -0.141. The van der Waals surface area contributed by atoms with E-state index in [0.717, 1.165) is 26.8 Å². The van der Waals surface area contributed by atoms with Crippen molar-refractivity contribution < 1.29 is 22.7 Å². The summed E-state index contributed by atoms with van der Waals surface area (Å²) < 4.78 is 45.8. The molecule has 2 aromatic heterocycles. The molecule has 0 aliphatic heterocycles. The van der Waals surface area contributed by atoms with Crippen LogP contribution < -0.4 is 10.1 Å². The first-order valence-corrected chi connectivity index (χ1v) is 11.0. The zero-order chi connectivity index (χ0) is 23.4. The third kappa shape index (κ3) is 5.55. The number of hydrogen-bond donors (Lipinski definition) is 1. The maximum atomic E-state index is 13.2. The highest BCUT2D eigenvalue weighted by Crippen LogP contribution is 2.33. The molecule has 0 saturated carbocycles. The van der Waals surface area contributed by atoms with Crippen LogP contribution in [0.4, 0.5) is 13.2 Å². The molecule has 0 atom stereocenters. The minimum atomic E-state index is -4.68. The third-order valence-corrected chi connectivity index (χ3v) is 5.89. The summed E-state index contributed by atoms with van der Waals surface area (Å²) in [6, 6.07) is 18.7. The molecule has 2 heterocycles. The number of hydrogen-bond acceptors (Lipinski definition) is 4. The van der Waals surface area contributed by atoms with E-state index < -0.39 is 24.4 Å². The van der Waals surface area contributed by atoms with E-state index in [1.165, 1.54) is 12.1 Å². The Balaban J connectivity index is 1.40. The monoisotopic (exact) mass is 491 g/mol. The average molecular weight is 492 g/mol. The van der Waals surface area contributed by atoms with E-state index in [0.29, 0.717) is 0 Å². The molecule has 170 valence electrons. The van der Waals surface area contributed by atoms with E-state index in [-0.39, 0.29) is 23.1 Å². The Morgan fingerprint density at radius 1 is 1.09 bits per heavy atom. The summed E-state index contributed by atoms with van der Waals surface area (Å²) in [5, 5.41) is 8.44. The van der Waals surface area contributed by atoms with E-state index in [4.69, 9.17) is 16.3 Å². The van der Waals surface area contributed by atoms with Crippen molar-refractivity contribution in [2.45, 2.75) is 12.7 Å². The first-order valence-electron chi connectivity index (χ1n) is 9.76. The van der Waals surface area contributed by atoms with Crippen LogP contribution in [0.3, 0.4) is 0 Å². The van der Waals surface area contributed by atoms with Crippen molar-refractivity contribution >= 4 is 28.8 Å². The Kier molecular flexibility index (Phi) is 6.71. The standard InChI is InChI=1S/C23H17ClF3N3O2S/c24-17-4-1-2-5-18(17)30-22(12-20(29-30)23(25,26)27)32-14-21(31)28-13-15-7-9-16(10-8-15)19-6-3-11-33-19/h1-12H,13-14H2,(H,28,31). The predicted octanol–water partition coefficient (Wildman–Crippen LogP) is 5.97. The van der Waals surface area contributed by atoms with Gasteiger partial charge in [0.25, 0.3) is 5.91 Å². The Labute approximate surface area is 196 Å². The van der Waals surface area contributed by atoms with Gasteiger partial charge in [-0.3, -0.25) is 4.79 Å². The van der Waals surface area contributed by atoms with Gasteiger partial charge < -0.3 is 10.1 Å². The molecule has 10 heteroatoms. The molecule has 33 heavy (non-hydrogen) atoms. The lowest BCUT2D eigenvalue weighted by Crippen LogP contribution is -2.28. The van der Waals surface area contributed by atoms with Crippen molar-refractivity contribution in [3.8, 4) is 22.0 Å². The maximum Gasteiger partial charge on any atom is 0.435 e. The number of carbonyl (C=O) groups is 1. The number of rotatable bonds is 7.